The van der Waals surface area contributed by atoms with Gasteiger partial charge in [0.25, 0.3) is 5.91 Å². The van der Waals surface area contributed by atoms with Gasteiger partial charge in [0.15, 0.2) is 0 Å². The monoisotopic (exact) mass is 292 g/mol. The van der Waals surface area contributed by atoms with Crippen molar-refractivity contribution in [3.63, 3.8) is 0 Å². The van der Waals surface area contributed by atoms with Crippen LogP contribution in [0.4, 0.5) is 17.6 Å². The highest BCUT2D eigenvalue weighted by molar-refractivity contribution is 5.94. The molecule has 2 amide bonds. The van der Waals surface area contributed by atoms with E-state index in [1.54, 1.807) is 0 Å². The summed E-state index contributed by atoms with van der Waals surface area (Å²) in [6.07, 6.45) is -4.54. The van der Waals surface area contributed by atoms with E-state index in [1.807, 2.05) is 0 Å². The van der Waals surface area contributed by atoms with Crippen molar-refractivity contribution in [1.82, 2.24) is 5.32 Å². The van der Waals surface area contributed by atoms with Crippen LogP contribution in [0.5, 0.6) is 0 Å². The Kier molecular flexibility index (Phi) is 5.06. The summed E-state index contributed by atoms with van der Waals surface area (Å²) in [5.74, 6) is -2.76. The molecule has 0 heterocycles. The maximum atomic E-state index is 13.0. The molecule has 0 aliphatic heterocycles. The lowest BCUT2D eigenvalue weighted by Gasteiger charge is -2.10. The number of carbonyl (C=O) groups is 2. The summed E-state index contributed by atoms with van der Waals surface area (Å²) in [6.45, 7) is 0.0838. The molecule has 1 rings (SSSR count). The molecule has 20 heavy (non-hydrogen) atoms. The fourth-order valence-corrected chi connectivity index (χ4v) is 1.45. The average Bonchev–Trinajstić information content (AvgIpc) is 2.33. The number of halogens is 4. The lowest BCUT2D eigenvalue weighted by Crippen LogP contribution is -2.26. The molecule has 0 saturated carbocycles. The molecule has 0 aromatic heterocycles. The summed E-state index contributed by atoms with van der Waals surface area (Å²) >= 11 is 0. The minimum absolute atomic E-state index is 0.0531. The van der Waals surface area contributed by atoms with E-state index >= 15 is 0 Å². The Bertz CT molecular complexity index is 515. The van der Waals surface area contributed by atoms with Crippen molar-refractivity contribution in [2.75, 3.05) is 6.54 Å². The predicted molar refractivity (Wildman–Crippen MR) is 62.2 cm³/mol. The highest BCUT2D eigenvalue weighted by Crippen LogP contribution is 2.31. The quantitative estimate of drug-likeness (QED) is 0.642. The van der Waals surface area contributed by atoms with E-state index in [0.29, 0.717) is 12.1 Å². The van der Waals surface area contributed by atoms with Crippen LogP contribution in [0.1, 0.15) is 28.8 Å². The maximum absolute atomic E-state index is 13.0. The number of rotatable bonds is 5. The van der Waals surface area contributed by atoms with Gasteiger partial charge in [0.2, 0.25) is 5.91 Å². The molecule has 1 aromatic rings. The molecule has 0 atom stereocenters. The molecule has 0 unspecified atom stereocenters. The number of carbonyl (C=O) groups excluding carboxylic acids is 2. The van der Waals surface area contributed by atoms with Gasteiger partial charge in [0.1, 0.15) is 5.82 Å². The standard InChI is InChI=1S/C12H12F4N2O2/c13-9-4-3-7(6-8(9)12(14,15)16)11(20)18-5-1-2-10(17)19/h3-4,6H,1-2,5H2,(H2,17,19)(H,18,20). The maximum Gasteiger partial charge on any atom is 0.419 e. The minimum Gasteiger partial charge on any atom is -0.370 e. The molecule has 4 nitrogen and oxygen atoms in total. The van der Waals surface area contributed by atoms with Crippen molar-refractivity contribution < 1.29 is 27.2 Å². The van der Waals surface area contributed by atoms with Crippen LogP contribution >= 0.6 is 0 Å². The van der Waals surface area contributed by atoms with Gasteiger partial charge >= 0.3 is 6.18 Å². The first-order valence-corrected chi connectivity index (χ1v) is 5.65. The van der Waals surface area contributed by atoms with Crippen molar-refractivity contribution in [1.29, 1.82) is 0 Å². The van der Waals surface area contributed by atoms with Crippen LogP contribution in [0.25, 0.3) is 0 Å². The van der Waals surface area contributed by atoms with E-state index in [9.17, 15) is 27.2 Å². The Balaban J connectivity index is 2.72. The van der Waals surface area contributed by atoms with Gasteiger partial charge in [0, 0.05) is 18.5 Å². The van der Waals surface area contributed by atoms with Gasteiger partial charge in [-0.1, -0.05) is 0 Å². The van der Waals surface area contributed by atoms with E-state index in [1.165, 1.54) is 0 Å². The first kappa shape index (κ1) is 15.9. The number of nitrogens with two attached hydrogens (primary N) is 1. The summed E-state index contributed by atoms with van der Waals surface area (Å²) < 4.78 is 50.4. The van der Waals surface area contributed by atoms with Crippen LogP contribution in [-0.2, 0) is 11.0 Å². The number of primary amides is 1. The second-order valence-corrected chi connectivity index (χ2v) is 4.02. The predicted octanol–water partition coefficient (Wildman–Crippen LogP) is 1.84. The highest BCUT2D eigenvalue weighted by atomic mass is 19.4. The largest absolute Gasteiger partial charge is 0.419 e. The van der Waals surface area contributed by atoms with E-state index in [-0.39, 0.29) is 24.9 Å². The number of benzene rings is 1. The summed E-state index contributed by atoms with van der Waals surface area (Å²) in [7, 11) is 0. The second kappa shape index (κ2) is 6.36. The first-order valence-electron chi connectivity index (χ1n) is 5.65. The van der Waals surface area contributed by atoms with Crippen LogP contribution in [-0.4, -0.2) is 18.4 Å². The summed E-state index contributed by atoms with van der Waals surface area (Å²) in [4.78, 5) is 22.0. The third-order valence-electron chi connectivity index (χ3n) is 2.42. The molecule has 0 saturated heterocycles. The van der Waals surface area contributed by atoms with E-state index in [2.05, 4.69) is 5.32 Å². The van der Waals surface area contributed by atoms with Crippen molar-refractivity contribution in [2.24, 2.45) is 5.73 Å². The number of hydrogen-bond acceptors (Lipinski definition) is 2. The van der Waals surface area contributed by atoms with Gasteiger partial charge in [-0.3, -0.25) is 9.59 Å². The summed E-state index contributed by atoms with van der Waals surface area (Å²) in [5.41, 5.74) is 3.08. The molecule has 8 heteroatoms. The van der Waals surface area contributed by atoms with Crippen molar-refractivity contribution in [3.8, 4) is 0 Å². The zero-order chi connectivity index (χ0) is 15.3. The molecule has 0 bridgehead atoms. The van der Waals surface area contributed by atoms with Crippen LogP contribution < -0.4 is 11.1 Å². The van der Waals surface area contributed by atoms with Crippen molar-refractivity contribution >= 4 is 11.8 Å². The number of alkyl halides is 3. The third kappa shape index (κ3) is 4.52. The number of hydrogen-bond donors (Lipinski definition) is 2. The third-order valence-corrected chi connectivity index (χ3v) is 2.42. The fourth-order valence-electron chi connectivity index (χ4n) is 1.45. The van der Waals surface area contributed by atoms with Crippen molar-refractivity contribution in [3.05, 3.63) is 35.1 Å². The topological polar surface area (TPSA) is 72.2 Å². The van der Waals surface area contributed by atoms with Crippen molar-refractivity contribution in [2.45, 2.75) is 19.0 Å². The molecule has 0 aliphatic carbocycles. The second-order valence-electron chi connectivity index (χ2n) is 4.02. The van der Waals surface area contributed by atoms with E-state index < -0.39 is 29.4 Å². The summed E-state index contributed by atoms with van der Waals surface area (Å²) in [5, 5.41) is 2.32. The Morgan fingerprint density at radius 2 is 1.90 bits per heavy atom. The molecular weight excluding hydrogens is 280 g/mol. The molecule has 0 radical (unpaired) electrons. The van der Waals surface area contributed by atoms with Gasteiger partial charge in [-0.25, -0.2) is 4.39 Å². The lowest BCUT2D eigenvalue weighted by atomic mass is 10.1. The van der Waals surface area contributed by atoms with E-state index in [0.717, 1.165) is 6.07 Å². The summed E-state index contributed by atoms with van der Waals surface area (Å²) in [6, 6.07) is 1.98. The molecular formula is C12H12F4N2O2. The highest BCUT2D eigenvalue weighted by Gasteiger charge is 2.34. The Hall–Kier alpha value is -2.12. The van der Waals surface area contributed by atoms with Gasteiger partial charge in [-0.15, -0.1) is 0 Å². The smallest absolute Gasteiger partial charge is 0.370 e. The lowest BCUT2D eigenvalue weighted by molar-refractivity contribution is -0.140. The van der Waals surface area contributed by atoms with Gasteiger partial charge in [0.05, 0.1) is 5.56 Å². The first-order chi connectivity index (χ1) is 9.21. The van der Waals surface area contributed by atoms with E-state index in [4.69, 9.17) is 5.73 Å². The number of nitrogens with one attached hydrogen (secondary N) is 1. The molecule has 3 N–H and O–H groups in total. The molecule has 0 fully saturated rings. The molecule has 0 aliphatic rings. The number of amides is 2. The average molecular weight is 292 g/mol. The van der Waals surface area contributed by atoms with Gasteiger partial charge in [-0.2, -0.15) is 13.2 Å². The zero-order valence-electron chi connectivity index (χ0n) is 10.3. The molecule has 0 spiro atoms. The van der Waals surface area contributed by atoms with Crippen LogP contribution in [0, 0.1) is 5.82 Å². The fraction of sp³-hybridized carbons (Fsp3) is 0.333. The Morgan fingerprint density at radius 1 is 1.25 bits per heavy atom. The Morgan fingerprint density at radius 3 is 2.45 bits per heavy atom. The minimum atomic E-state index is -4.87. The van der Waals surface area contributed by atoms with Crippen LogP contribution in [0.2, 0.25) is 0 Å². The van der Waals surface area contributed by atoms with Crippen LogP contribution in [0.15, 0.2) is 18.2 Å². The van der Waals surface area contributed by atoms with Gasteiger partial charge < -0.3 is 11.1 Å². The molecule has 1 aromatic carbocycles. The van der Waals surface area contributed by atoms with Crippen LogP contribution in [0.3, 0.4) is 0 Å². The van der Waals surface area contributed by atoms with Gasteiger partial charge in [-0.05, 0) is 24.6 Å². The zero-order valence-corrected chi connectivity index (χ0v) is 10.3. The normalized spacial score (nSPS) is 11.2. The SMILES string of the molecule is NC(=O)CCCNC(=O)c1ccc(F)c(C(F)(F)F)c1. The Labute approximate surface area is 111 Å². The molecule has 110 valence electrons.